The van der Waals surface area contributed by atoms with Gasteiger partial charge in [-0.15, -0.1) is 0 Å². The molecule has 4 nitrogen and oxygen atoms in total. The summed E-state index contributed by atoms with van der Waals surface area (Å²) in [4.78, 5) is 26.0. The van der Waals surface area contributed by atoms with Crippen LogP contribution in [0.1, 0.15) is 33.7 Å². The van der Waals surface area contributed by atoms with E-state index < -0.39 is 5.97 Å². The quantitative estimate of drug-likeness (QED) is 0.733. The Balaban J connectivity index is 2.29. The first-order valence-electron chi connectivity index (χ1n) is 4.42. The molecule has 1 aliphatic carbocycles. The number of hydrogen-bond acceptors (Lipinski definition) is 3. The summed E-state index contributed by atoms with van der Waals surface area (Å²) in [5.41, 5.74) is 0.386. The van der Waals surface area contributed by atoms with Crippen LogP contribution >= 0.6 is 0 Å². The number of carboxylic acids is 1. The van der Waals surface area contributed by atoms with Crippen LogP contribution in [0.2, 0.25) is 0 Å². The molecule has 1 aromatic heterocycles. The maximum Gasteiger partial charge on any atom is 0.335 e. The van der Waals surface area contributed by atoms with Crippen molar-refractivity contribution in [3.63, 3.8) is 0 Å². The van der Waals surface area contributed by atoms with Gasteiger partial charge in [-0.3, -0.25) is 9.78 Å². The van der Waals surface area contributed by atoms with Crippen molar-refractivity contribution in [1.29, 1.82) is 0 Å². The normalized spacial score (nSPS) is 15.1. The Morgan fingerprint density at radius 3 is 2.71 bits per heavy atom. The molecule has 1 aromatic rings. The third-order valence-electron chi connectivity index (χ3n) is 2.21. The van der Waals surface area contributed by atoms with E-state index in [1.807, 2.05) is 0 Å². The number of ketones is 1. The van der Waals surface area contributed by atoms with Crippen molar-refractivity contribution in [2.24, 2.45) is 5.92 Å². The van der Waals surface area contributed by atoms with Crippen LogP contribution in [0.25, 0.3) is 0 Å². The fourth-order valence-corrected chi connectivity index (χ4v) is 1.25. The molecular weight excluding hydrogens is 182 g/mol. The zero-order valence-electron chi connectivity index (χ0n) is 7.43. The number of Topliss-reactive ketones (excluding diaryl/α,β-unsaturated/α-hetero) is 1. The predicted molar refractivity (Wildman–Crippen MR) is 48.3 cm³/mol. The summed E-state index contributed by atoms with van der Waals surface area (Å²) in [5.74, 6) is -0.989. The second kappa shape index (κ2) is 3.21. The first kappa shape index (κ1) is 8.87. The van der Waals surface area contributed by atoms with Gasteiger partial charge in [0.05, 0.1) is 5.56 Å². The van der Waals surface area contributed by atoms with E-state index in [9.17, 15) is 9.59 Å². The van der Waals surface area contributed by atoms with Gasteiger partial charge in [0.25, 0.3) is 0 Å². The lowest BCUT2D eigenvalue weighted by Crippen LogP contribution is -2.06. The molecule has 1 N–H and O–H groups in total. The Morgan fingerprint density at radius 1 is 1.43 bits per heavy atom. The van der Waals surface area contributed by atoms with Crippen LogP contribution in [0, 0.1) is 5.92 Å². The average molecular weight is 191 g/mol. The molecule has 1 saturated carbocycles. The zero-order chi connectivity index (χ0) is 10.1. The highest BCUT2D eigenvalue weighted by atomic mass is 16.4. The minimum absolute atomic E-state index is 0.0342. The Hall–Kier alpha value is -1.71. The van der Waals surface area contributed by atoms with E-state index >= 15 is 0 Å². The Labute approximate surface area is 80.6 Å². The molecule has 72 valence electrons. The molecule has 0 radical (unpaired) electrons. The zero-order valence-corrected chi connectivity index (χ0v) is 7.43. The van der Waals surface area contributed by atoms with Crippen LogP contribution in [0.4, 0.5) is 0 Å². The van der Waals surface area contributed by atoms with Crippen molar-refractivity contribution in [2.45, 2.75) is 12.8 Å². The van der Waals surface area contributed by atoms with E-state index in [-0.39, 0.29) is 23.0 Å². The summed E-state index contributed by atoms with van der Waals surface area (Å²) in [6, 6.07) is 2.72. The smallest absolute Gasteiger partial charge is 0.335 e. The topological polar surface area (TPSA) is 67.3 Å². The molecule has 1 heterocycles. The van der Waals surface area contributed by atoms with Crippen LogP contribution in [0.3, 0.4) is 0 Å². The van der Waals surface area contributed by atoms with Crippen molar-refractivity contribution < 1.29 is 14.7 Å². The van der Waals surface area contributed by atoms with Crippen LogP contribution in [0.15, 0.2) is 18.3 Å². The van der Waals surface area contributed by atoms with Crippen LogP contribution in [-0.2, 0) is 0 Å². The Kier molecular flexibility index (Phi) is 2.04. The number of pyridine rings is 1. The summed E-state index contributed by atoms with van der Waals surface area (Å²) < 4.78 is 0. The molecule has 0 aromatic carbocycles. The van der Waals surface area contributed by atoms with E-state index in [0.717, 1.165) is 12.8 Å². The number of carbonyl (C=O) groups excluding carboxylic acids is 1. The van der Waals surface area contributed by atoms with Crippen LogP contribution in [0.5, 0.6) is 0 Å². The van der Waals surface area contributed by atoms with Gasteiger partial charge in [-0.2, -0.15) is 0 Å². The molecule has 0 saturated heterocycles. The molecule has 0 aliphatic heterocycles. The predicted octanol–water partition coefficient (Wildman–Crippen LogP) is 1.37. The van der Waals surface area contributed by atoms with Gasteiger partial charge < -0.3 is 5.11 Å². The lowest BCUT2D eigenvalue weighted by molar-refractivity contribution is 0.0696. The lowest BCUT2D eigenvalue weighted by Gasteiger charge is -1.98. The summed E-state index contributed by atoms with van der Waals surface area (Å²) in [6.07, 6.45) is 3.16. The number of rotatable bonds is 3. The number of carbonyl (C=O) groups is 2. The fraction of sp³-hybridized carbons (Fsp3) is 0.300. The summed E-state index contributed by atoms with van der Waals surface area (Å²) in [7, 11) is 0. The van der Waals surface area contributed by atoms with Gasteiger partial charge in [0, 0.05) is 12.1 Å². The molecule has 0 unspecified atom stereocenters. The Bertz CT molecular complexity index is 396. The van der Waals surface area contributed by atoms with Gasteiger partial charge in [0.15, 0.2) is 5.78 Å². The molecule has 1 aliphatic rings. The molecule has 0 bridgehead atoms. The maximum atomic E-state index is 11.5. The molecule has 0 spiro atoms. The van der Waals surface area contributed by atoms with Gasteiger partial charge in [-0.05, 0) is 25.0 Å². The maximum absolute atomic E-state index is 11.5. The number of aromatic carboxylic acids is 1. The van der Waals surface area contributed by atoms with Gasteiger partial charge in [0.2, 0.25) is 0 Å². The number of hydrogen-bond donors (Lipinski definition) is 1. The van der Waals surface area contributed by atoms with E-state index in [2.05, 4.69) is 4.98 Å². The van der Waals surface area contributed by atoms with Crippen molar-refractivity contribution in [1.82, 2.24) is 4.98 Å². The highest BCUT2D eigenvalue weighted by Gasteiger charge is 2.31. The second-order valence-corrected chi connectivity index (χ2v) is 3.37. The summed E-state index contributed by atoms with van der Waals surface area (Å²) in [5, 5.41) is 8.71. The standard InChI is InChI=1S/C10H9NO3/c12-9(6-1-2-6)8-5-7(10(13)14)3-4-11-8/h3-6H,1-2H2,(H,13,14). The van der Waals surface area contributed by atoms with Crippen LogP contribution in [-0.4, -0.2) is 21.8 Å². The fourth-order valence-electron chi connectivity index (χ4n) is 1.25. The van der Waals surface area contributed by atoms with E-state index in [4.69, 9.17) is 5.11 Å². The average Bonchev–Trinajstić information content (AvgIpc) is 3.00. The number of carboxylic acid groups (broad SMARTS) is 1. The van der Waals surface area contributed by atoms with Crippen molar-refractivity contribution >= 4 is 11.8 Å². The largest absolute Gasteiger partial charge is 0.478 e. The SMILES string of the molecule is O=C(O)c1ccnc(C(=O)C2CC2)c1. The van der Waals surface area contributed by atoms with Crippen molar-refractivity contribution in [2.75, 3.05) is 0 Å². The van der Waals surface area contributed by atoms with Gasteiger partial charge in [-0.1, -0.05) is 0 Å². The van der Waals surface area contributed by atoms with E-state index in [1.54, 1.807) is 0 Å². The molecule has 0 amide bonds. The van der Waals surface area contributed by atoms with Gasteiger partial charge in [-0.25, -0.2) is 4.79 Å². The molecule has 14 heavy (non-hydrogen) atoms. The van der Waals surface area contributed by atoms with Crippen molar-refractivity contribution in [3.8, 4) is 0 Å². The van der Waals surface area contributed by atoms with E-state index in [1.165, 1.54) is 18.3 Å². The minimum atomic E-state index is -1.03. The first-order chi connectivity index (χ1) is 6.68. The minimum Gasteiger partial charge on any atom is -0.478 e. The molecule has 1 fully saturated rings. The van der Waals surface area contributed by atoms with E-state index in [0.29, 0.717) is 0 Å². The number of aromatic nitrogens is 1. The third kappa shape index (κ3) is 1.64. The lowest BCUT2D eigenvalue weighted by atomic mass is 10.1. The summed E-state index contributed by atoms with van der Waals surface area (Å²) in [6.45, 7) is 0. The molecule has 0 atom stereocenters. The first-order valence-corrected chi connectivity index (χ1v) is 4.42. The second-order valence-electron chi connectivity index (χ2n) is 3.37. The van der Waals surface area contributed by atoms with Gasteiger partial charge >= 0.3 is 5.97 Å². The highest BCUT2D eigenvalue weighted by molar-refractivity contribution is 5.99. The molecular formula is C10H9NO3. The third-order valence-corrected chi connectivity index (χ3v) is 2.21. The van der Waals surface area contributed by atoms with Crippen molar-refractivity contribution in [3.05, 3.63) is 29.6 Å². The molecule has 2 rings (SSSR count). The Morgan fingerprint density at radius 2 is 2.14 bits per heavy atom. The number of nitrogens with zero attached hydrogens (tertiary/aromatic N) is 1. The monoisotopic (exact) mass is 191 g/mol. The van der Waals surface area contributed by atoms with Gasteiger partial charge in [0.1, 0.15) is 5.69 Å². The summed E-state index contributed by atoms with van der Waals surface area (Å²) >= 11 is 0. The molecule has 4 heteroatoms. The highest BCUT2D eigenvalue weighted by Crippen LogP contribution is 2.32. The van der Waals surface area contributed by atoms with Crippen LogP contribution < -0.4 is 0 Å².